The topological polar surface area (TPSA) is 53.4 Å². The summed E-state index contributed by atoms with van der Waals surface area (Å²) in [6.45, 7) is 0.878. The molecule has 0 aromatic carbocycles. The number of aliphatic hydroxyl groups excluding tert-OH is 1. The molecule has 1 fully saturated rings. The molecule has 1 aromatic heterocycles. The minimum absolute atomic E-state index is 0.0425. The van der Waals surface area contributed by atoms with Crippen LogP contribution in [0, 0.1) is 5.92 Å². The minimum Gasteiger partial charge on any atom is -0.396 e. The van der Waals surface area contributed by atoms with Crippen molar-refractivity contribution in [1.29, 1.82) is 0 Å². The number of carbonyl (C=O) groups excluding carboxylic acids is 1. The fraction of sp³-hybridized carbons (Fsp3) is 0.600. The molecule has 0 atom stereocenters. The van der Waals surface area contributed by atoms with E-state index in [4.69, 9.17) is 5.11 Å². The molecule has 0 saturated heterocycles. The standard InChI is InChI=1S/C15H22N2O2/c1-17(9-6-12-3-2-4-12)15(19)13-5-8-16-14(11-13)7-10-18/h5,8,11-12,18H,2-4,6-7,9-10H2,1H3. The van der Waals surface area contributed by atoms with Crippen molar-refractivity contribution < 1.29 is 9.90 Å². The molecule has 1 heterocycles. The molecule has 1 aliphatic rings. The Morgan fingerprint density at radius 2 is 2.32 bits per heavy atom. The predicted molar refractivity (Wildman–Crippen MR) is 73.9 cm³/mol. The van der Waals surface area contributed by atoms with E-state index in [-0.39, 0.29) is 12.5 Å². The molecule has 0 aliphatic heterocycles. The van der Waals surface area contributed by atoms with Crippen LogP contribution in [0.1, 0.15) is 41.7 Å². The number of pyridine rings is 1. The average Bonchev–Trinajstić information content (AvgIpc) is 2.36. The van der Waals surface area contributed by atoms with E-state index in [1.54, 1.807) is 23.2 Å². The molecule has 1 N–H and O–H groups in total. The summed E-state index contributed by atoms with van der Waals surface area (Å²) >= 11 is 0. The van der Waals surface area contributed by atoms with Gasteiger partial charge in [-0.25, -0.2) is 0 Å². The first-order valence-electron chi connectivity index (χ1n) is 7.02. The maximum absolute atomic E-state index is 12.3. The molecular weight excluding hydrogens is 240 g/mol. The number of nitrogens with zero attached hydrogens (tertiary/aromatic N) is 2. The number of aliphatic hydroxyl groups is 1. The van der Waals surface area contributed by atoms with E-state index in [2.05, 4.69) is 4.98 Å². The highest BCUT2D eigenvalue weighted by molar-refractivity contribution is 5.94. The third-order valence-corrected chi connectivity index (χ3v) is 3.88. The van der Waals surface area contributed by atoms with Gasteiger partial charge in [-0.2, -0.15) is 0 Å². The Morgan fingerprint density at radius 3 is 2.95 bits per heavy atom. The maximum atomic E-state index is 12.3. The summed E-state index contributed by atoms with van der Waals surface area (Å²) in [6, 6.07) is 3.52. The third kappa shape index (κ3) is 3.77. The van der Waals surface area contributed by atoms with E-state index in [1.165, 1.54) is 19.3 Å². The normalized spacial score (nSPS) is 15.1. The molecule has 2 rings (SSSR count). The molecule has 0 spiro atoms. The van der Waals surface area contributed by atoms with Gasteiger partial charge >= 0.3 is 0 Å². The molecule has 104 valence electrons. The average molecular weight is 262 g/mol. The van der Waals surface area contributed by atoms with Crippen molar-refractivity contribution in [3.05, 3.63) is 29.6 Å². The predicted octanol–water partition coefficient (Wildman–Crippen LogP) is 1.88. The van der Waals surface area contributed by atoms with Crippen molar-refractivity contribution in [2.24, 2.45) is 5.92 Å². The summed E-state index contributed by atoms with van der Waals surface area (Å²) in [5, 5.41) is 8.90. The van der Waals surface area contributed by atoms with E-state index < -0.39 is 0 Å². The van der Waals surface area contributed by atoms with E-state index in [0.717, 1.165) is 24.6 Å². The lowest BCUT2D eigenvalue weighted by Crippen LogP contribution is -2.30. The van der Waals surface area contributed by atoms with Gasteiger partial charge in [-0.1, -0.05) is 19.3 Å². The van der Waals surface area contributed by atoms with Crippen LogP contribution in [-0.2, 0) is 6.42 Å². The molecule has 4 nitrogen and oxygen atoms in total. The number of aromatic nitrogens is 1. The van der Waals surface area contributed by atoms with Crippen molar-refractivity contribution in [1.82, 2.24) is 9.88 Å². The van der Waals surface area contributed by atoms with Crippen molar-refractivity contribution in [3.63, 3.8) is 0 Å². The largest absolute Gasteiger partial charge is 0.396 e. The molecule has 1 saturated carbocycles. The van der Waals surface area contributed by atoms with E-state index in [9.17, 15) is 4.79 Å². The molecule has 1 aromatic rings. The lowest BCUT2D eigenvalue weighted by molar-refractivity contribution is 0.0779. The molecule has 0 unspecified atom stereocenters. The van der Waals surface area contributed by atoms with Crippen molar-refractivity contribution in [2.75, 3.05) is 20.2 Å². The highest BCUT2D eigenvalue weighted by Crippen LogP contribution is 2.29. The Hall–Kier alpha value is -1.42. The Bertz CT molecular complexity index is 430. The van der Waals surface area contributed by atoms with Gasteiger partial charge in [0.2, 0.25) is 0 Å². The highest BCUT2D eigenvalue weighted by atomic mass is 16.3. The quantitative estimate of drug-likeness (QED) is 0.851. The van der Waals surface area contributed by atoms with Crippen LogP contribution < -0.4 is 0 Å². The Kier molecular flexibility index (Phi) is 4.91. The van der Waals surface area contributed by atoms with Crippen LogP contribution in [0.3, 0.4) is 0 Å². The van der Waals surface area contributed by atoms with Crippen molar-refractivity contribution in [3.8, 4) is 0 Å². The summed E-state index contributed by atoms with van der Waals surface area (Å²) in [7, 11) is 1.85. The molecule has 1 amide bonds. The zero-order valence-electron chi connectivity index (χ0n) is 11.5. The van der Waals surface area contributed by atoms with Gasteiger partial charge in [0.1, 0.15) is 0 Å². The second kappa shape index (κ2) is 6.66. The fourth-order valence-corrected chi connectivity index (χ4v) is 2.34. The number of carbonyl (C=O) groups is 1. The van der Waals surface area contributed by atoms with Gasteiger partial charge in [0.05, 0.1) is 0 Å². The van der Waals surface area contributed by atoms with Gasteiger partial charge in [0.25, 0.3) is 5.91 Å². The first-order chi connectivity index (χ1) is 9.20. The monoisotopic (exact) mass is 262 g/mol. The van der Waals surface area contributed by atoms with Gasteiger partial charge in [-0.3, -0.25) is 9.78 Å². The highest BCUT2D eigenvalue weighted by Gasteiger charge is 2.19. The molecule has 19 heavy (non-hydrogen) atoms. The van der Waals surface area contributed by atoms with Crippen LogP contribution in [0.25, 0.3) is 0 Å². The Labute approximate surface area is 114 Å². The van der Waals surface area contributed by atoms with Gasteiger partial charge in [0.15, 0.2) is 0 Å². The number of hydrogen-bond acceptors (Lipinski definition) is 3. The van der Waals surface area contributed by atoms with E-state index >= 15 is 0 Å². The molecule has 0 bridgehead atoms. The smallest absolute Gasteiger partial charge is 0.253 e. The van der Waals surface area contributed by atoms with Gasteiger partial charge in [-0.05, 0) is 24.5 Å². The van der Waals surface area contributed by atoms with Crippen LogP contribution in [0.15, 0.2) is 18.3 Å². The summed E-state index contributed by atoms with van der Waals surface area (Å²) < 4.78 is 0. The van der Waals surface area contributed by atoms with Gasteiger partial charge in [-0.15, -0.1) is 0 Å². The lowest BCUT2D eigenvalue weighted by Gasteiger charge is -2.27. The zero-order chi connectivity index (χ0) is 13.7. The Balaban J connectivity index is 1.91. The summed E-state index contributed by atoms with van der Waals surface area (Å²) in [5.41, 5.74) is 1.43. The number of hydrogen-bond donors (Lipinski definition) is 1. The SMILES string of the molecule is CN(CCC1CCC1)C(=O)c1ccnc(CCO)c1. The van der Waals surface area contributed by atoms with Crippen LogP contribution in [0.4, 0.5) is 0 Å². The van der Waals surface area contributed by atoms with Gasteiger partial charge in [0, 0.05) is 44.1 Å². The third-order valence-electron chi connectivity index (χ3n) is 3.88. The van der Waals surface area contributed by atoms with Crippen LogP contribution >= 0.6 is 0 Å². The first-order valence-corrected chi connectivity index (χ1v) is 7.02. The number of amides is 1. The van der Waals surface area contributed by atoms with Crippen molar-refractivity contribution in [2.45, 2.75) is 32.1 Å². The van der Waals surface area contributed by atoms with Crippen LogP contribution in [-0.4, -0.2) is 41.1 Å². The number of rotatable bonds is 6. The molecular formula is C15H22N2O2. The summed E-state index contributed by atoms with van der Waals surface area (Å²) in [5.74, 6) is 0.860. The summed E-state index contributed by atoms with van der Waals surface area (Å²) in [6.07, 6.45) is 7.22. The van der Waals surface area contributed by atoms with E-state index in [1.807, 2.05) is 7.05 Å². The van der Waals surface area contributed by atoms with Gasteiger partial charge < -0.3 is 10.0 Å². The molecule has 4 heteroatoms. The van der Waals surface area contributed by atoms with E-state index in [0.29, 0.717) is 12.0 Å². The fourth-order valence-electron chi connectivity index (χ4n) is 2.34. The lowest BCUT2D eigenvalue weighted by atomic mass is 9.83. The maximum Gasteiger partial charge on any atom is 0.253 e. The Morgan fingerprint density at radius 1 is 1.53 bits per heavy atom. The van der Waals surface area contributed by atoms with Crippen molar-refractivity contribution >= 4 is 5.91 Å². The van der Waals surface area contributed by atoms with Crippen LogP contribution in [0.2, 0.25) is 0 Å². The zero-order valence-corrected chi connectivity index (χ0v) is 11.5. The van der Waals surface area contributed by atoms with Crippen LogP contribution in [0.5, 0.6) is 0 Å². The molecule has 0 radical (unpaired) electrons. The second-order valence-electron chi connectivity index (χ2n) is 5.32. The molecule has 1 aliphatic carbocycles. The first kappa shape index (κ1) is 14.0. The minimum atomic E-state index is 0.0425. The second-order valence-corrected chi connectivity index (χ2v) is 5.32. The summed E-state index contributed by atoms with van der Waals surface area (Å²) in [4.78, 5) is 18.2.